The Hall–Kier alpha value is -3.14. The first-order chi connectivity index (χ1) is 12.2. The lowest BCUT2D eigenvalue weighted by atomic mass is 10.0. The maximum absolute atomic E-state index is 12.4. The quantitative estimate of drug-likeness (QED) is 0.768. The molecule has 1 amide bonds. The minimum atomic E-state index is -0.141. The lowest BCUT2D eigenvalue weighted by Crippen LogP contribution is -2.22. The molecule has 0 bridgehead atoms. The average molecular weight is 332 g/mol. The van der Waals surface area contributed by atoms with Crippen LogP contribution in [0.3, 0.4) is 0 Å². The van der Waals surface area contributed by atoms with E-state index < -0.39 is 0 Å². The molecule has 3 aromatic rings. The molecule has 0 aliphatic rings. The largest absolute Gasteiger partial charge is 0.496 e. The number of nitrogens with one attached hydrogen (secondary N) is 1. The fraction of sp³-hybridized carbons (Fsp3) is 0.143. The normalized spacial score (nSPS) is 10.3. The fourth-order valence-electron chi connectivity index (χ4n) is 2.67. The molecule has 4 nitrogen and oxygen atoms in total. The second-order valence-electron chi connectivity index (χ2n) is 5.83. The van der Waals surface area contributed by atoms with Crippen molar-refractivity contribution in [2.75, 3.05) is 7.11 Å². The summed E-state index contributed by atoms with van der Waals surface area (Å²) >= 11 is 0. The molecule has 0 aliphatic carbocycles. The molecule has 0 saturated heterocycles. The highest BCUT2D eigenvalue weighted by Crippen LogP contribution is 2.31. The van der Waals surface area contributed by atoms with Gasteiger partial charge < -0.3 is 10.1 Å². The third kappa shape index (κ3) is 4.04. The monoisotopic (exact) mass is 332 g/mol. The number of aryl methyl sites for hydroxylation is 1. The number of hydrogen-bond acceptors (Lipinski definition) is 3. The third-order valence-corrected chi connectivity index (χ3v) is 3.97. The first-order valence-electron chi connectivity index (χ1n) is 8.09. The van der Waals surface area contributed by atoms with Crippen molar-refractivity contribution >= 4 is 5.91 Å². The number of benzene rings is 2. The van der Waals surface area contributed by atoms with Crippen LogP contribution in [0.5, 0.6) is 5.75 Å². The Balaban J connectivity index is 1.80. The van der Waals surface area contributed by atoms with Gasteiger partial charge in [-0.15, -0.1) is 0 Å². The van der Waals surface area contributed by atoms with E-state index in [1.165, 1.54) is 5.56 Å². The highest BCUT2D eigenvalue weighted by molar-refractivity contribution is 5.95. The first kappa shape index (κ1) is 16.7. The topological polar surface area (TPSA) is 51.2 Å². The summed E-state index contributed by atoms with van der Waals surface area (Å²) < 4.78 is 5.50. The van der Waals surface area contributed by atoms with Gasteiger partial charge in [0.1, 0.15) is 5.75 Å². The number of aromatic nitrogens is 1. The van der Waals surface area contributed by atoms with Crippen LogP contribution in [0.15, 0.2) is 67.0 Å². The van der Waals surface area contributed by atoms with Crippen molar-refractivity contribution < 1.29 is 9.53 Å². The van der Waals surface area contributed by atoms with Crippen molar-refractivity contribution in [1.29, 1.82) is 0 Å². The number of nitrogens with zero attached hydrogens (tertiary/aromatic N) is 1. The number of pyridine rings is 1. The van der Waals surface area contributed by atoms with Crippen LogP contribution in [0.4, 0.5) is 0 Å². The van der Waals surface area contributed by atoms with E-state index in [4.69, 9.17) is 4.74 Å². The van der Waals surface area contributed by atoms with Crippen molar-refractivity contribution in [3.8, 4) is 16.9 Å². The molecule has 25 heavy (non-hydrogen) atoms. The summed E-state index contributed by atoms with van der Waals surface area (Å²) in [6, 6.07) is 17.5. The molecule has 2 aromatic carbocycles. The Morgan fingerprint density at radius 1 is 1.12 bits per heavy atom. The van der Waals surface area contributed by atoms with Crippen molar-refractivity contribution in [1.82, 2.24) is 10.3 Å². The Labute approximate surface area is 147 Å². The number of ether oxygens (including phenoxy) is 1. The summed E-state index contributed by atoms with van der Waals surface area (Å²) in [6.07, 6.45) is 3.45. The molecular weight excluding hydrogens is 312 g/mol. The summed E-state index contributed by atoms with van der Waals surface area (Å²) in [4.78, 5) is 16.4. The molecule has 0 saturated carbocycles. The van der Waals surface area contributed by atoms with Gasteiger partial charge in [-0.25, -0.2) is 0 Å². The van der Waals surface area contributed by atoms with Gasteiger partial charge in [-0.3, -0.25) is 9.78 Å². The van der Waals surface area contributed by atoms with Crippen molar-refractivity contribution in [2.24, 2.45) is 0 Å². The first-order valence-corrected chi connectivity index (χ1v) is 8.09. The molecule has 0 atom stereocenters. The van der Waals surface area contributed by atoms with Gasteiger partial charge in [-0.2, -0.15) is 0 Å². The molecule has 4 heteroatoms. The standard InChI is InChI=1S/C21H20N2O2/c1-15-5-3-7-17(11-15)19-9-8-18(12-20(19)25-2)21(24)23-14-16-6-4-10-22-13-16/h3-13H,14H2,1-2H3,(H,23,24). The Morgan fingerprint density at radius 2 is 2.00 bits per heavy atom. The van der Waals surface area contributed by atoms with Crippen LogP contribution in [0.25, 0.3) is 11.1 Å². The van der Waals surface area contributed by atoms with E-state index in [1.54, 1.807) is 25.6 Å². The zero-order chi connectivity index (χ0) is 17.6. The molecule has 0 aliphatic heterocycles. The Kier molecular flexibility index (Phi) is 5.09. The number of rotatable bonds is 5. The molecule has 3 rings (SSSR count). The maximum Gasteiger partial charge on any atom is 0.251 e. The van der Waals surface area contributed by atoms with Gasteiger partial charge in [-0.1, -0.05) is 35.9 Å². The van der Waals surface area contributed by atoms with E-state index in [0.717, 1.165) is 16.7 Å². The number of carbonyl (C=O) groups is 1. The number of hydrogen-bond donors (Lipinski definition) is 1. The Bertz CT molecular complexity index is 876. The zero-order valence-corrected chi connectivity index (χ0v) is 14.3. The second kappa shape index (κ2) is 7.62. The van der Waals surface area contributed by atoms with Crippen LogP contribution in [0, 0.1) is 6.92 Å². The van der Waals surface area contributed by atoms with E-state index in [-0.39, 0.29) is 5.91 Å². The second-order valence-corrected chi connectivity index (χ2v) is 5.83. The summed E-state index contributed by atoms with van der Waals surface area (Å²) in [5, 5.41) is 2.90. The van der Waals surface area contributed by atoms with Crippen LogP contribution < -0.4 is 10.1 Å². The van der Waals surface area contributed by atoms with Crippen LogP contribution in [-0.4, -0.2) is 18.0 Å². The molecule has 0 spiro atoms. The van der Waals surface area contributed by atoms with Crippen molar-refractivity contribution in [2.45, 2.75) is 13.5 Å². The molecule has 0 radical (unpaired) electrons. The van der Waals surface area contributed by atoms with E-state index >= 15 is 0 Å². The summed E-state index contributed by atoms with van der Waals surface area (Å²) in [5.41, 5.74) is 4.74. The molecule has 0 unspecified atom stereocenters. The van der Waals surface area contributed by atoms with E-state index in [9.17, 15) is 4.79 Å². The number of methoxy groups -OCH3 is 1. The van der Waals surface area contributed by atoms with Crippen LogP contribution in [0.2, 0.25) is 0 Å². The summed E-state index contributed by atoms with van der Waals surface area (Å²) in [6.45, 7) is 2.49. The van der Waals surface area contributed by atoms with Gasteiger partial charge in [0.25, 0.3) is 5.91 Å². The SMILES string of the molecule is COc1cc(C(=O)NCc2cccnc2)ccc1-c1cccc(C)c1. The van der Waals surface area contributed by atoms with Gasteiger partial charge in [0, 0.05) is 30.1 Å². The van der Waals surface area contributed by atoms with E-state index in [2.05, 4.69) is 29.4 Å². The number of carbonyl (C=O) groups excluding carboxylic acids is 1. The third-order valence-electron chi connectivity index (χ3n) is 3.97. The van der Waals surface area contributed by atoms with Gasteiger partial charge in [0.15, 0.2) is 0 Å². The van der Waals surface area contributed by atoms with Crippen LogP contribution >= 0.6 is 0 Å². The number of amides is 1. The minimum Gasteiger partial charge on any atom is -0.496 e. The minimum absolute atomic E-state index is 0.141. The van der Waals surface area contributed by atoms with Crippen molar-refractivity contribution in [3.05, 3.63) is 83.7 Å². The lowest BCUT2D eigenvalue weighted by Gasteiger charge is -2.12. The molecule has 0 fully saturated rings. The molecule has 126 valence electrons. The van der Waals surface area contributed by atoms with Crippen LogP contribution in [0.1, 0.15) is 21.5 Å². The fourth-order valence-corrected chi connectivity index (χ4v) is 2.67. The predicted molar refractivity (Wildman–Crippen MR) is 98.6 cm³/mol. The summed E-state index contributed by atoms with van der Waals surface area (Å²) in [5.74, 6) is 0.539. The van der Waals surface area contributed by atoms with Crippen LogP contribution in [-0.2, 0) is 6.54 Å². The highest BCUT2D eigenvalue weighted by atomic mass is 16.5. The summed E-state index contributed by atoms with van der Waals surface area (Å²) in [7, 11) is 1.62. The van der Waals surface area contributed by atoms with E-state index in [1.807, 2.05) is 36.4 Å². The predicted octanol–water partition coefficient (Wildman–Crippen LogP) is 4.00. The Morgan fingerprint density at radius 3 is 2.72 bits per heavy atom. The molecule has 1 aromatic heterocycles. The van der Waals surface area contributed by atoms with Gasteiger partial charge in [-0.05, 0) is 42.3 Å². The maximum atomic E-state index is 12.4. The molecular formula is C21H20N2O2. The lowest BCUT2D eigenvalue weighted by molar-refractivity contribution is 0.0950. The zero-order valence-electron chi connectivity index (χ0n) is 14.3. The van der Waals surface area contributed by atoms with Gasteiger partial charge >= 0.3 is 0 Å². The molecule has 1 N–H and O–H groups in total. The van der Waals surface area contributed by atoms with Gasteiger partial charge in [0.05, 0.1) is 7.11 Å². The van der Waals surface area contributed by atoms with Gasteiger partial charge in [0.2, 0.25) is 0 Å². The van der Waals surface area contributed by atoms with E-state index in [0.29, 0.717) is 17.9 Å². The molecule has 1 heterocycles. The highest BCUT2D eigenvalue weighted by Gasteiger charge is 2.11. The van der Waals surface area contributed by atoms with Crippen molar-refractivity contribution in [3.63, 3.8) is 0 Å². The average Bonchev–Trinajstić information content (AvgIpc) is 2.66. The smallest absolute Gasteiger partial charge is 0.251 e.